The first-order valence-electron chi connectivity index (χ1n) is 8.80. The van der Waals surface area contributed by atoms with Crippen molar-refractivity contribution in [3.8, 4) is 17.6 Å². The molecule has 1 aliphatic rings. The summed E-state index contributed by atoms with van der Waals surface area (Å²) in [6.07, 6.45) is 3.42. The minimum Gasteiger partial charge on any atom is -0.490 e. The van der Waals surface area contributed by atoms with Crippen molar-refractivity contribution in [2.75, 3.05) is 44.3 Å². The zero-order valence-corrected chi connectivity index (χ0v) is 15.2. The van der Waals surface area contributed by atoms with E-state index in [0.29, 0.717) is 55.8 Å². The van der Waals surface area contributed by atoms with Crippen molar-refractivity contribution in [2.24, 2.45) is 0 Å². The molecule has 1 fully saturated rings. The molecule has 0 radical (unpaired) electrons. The van der Waals surface area contributed by atoms with E-state index in [1.165, 1.54) is 0 Å². The minimum absolute atomic E-state index is 0.0756. The molecule has 0 saturated carbocycles. The molecule has 140 valence electrons. The van der Waals surface area contributed by atoms with Crippen LogP contribution >= 0.6 is 0 Å². The van der Waals surface area contributed by atoms with Crippen molar-refractivity contribution in [1.29, 1.82) is 5.26 Å². The maximum absolute atomic E-state index is 12.5. The molecule has 2 heterocycles. The zero-order valence-electron chi connectivity index (χ0n) is 15.2. The average molecular weight is 367 g/mol. The number of rotatable bonds is 6. The number of carbonyl (C=O) groups is 1. The Morgan fingerprint density at radius 2 is 1.89 bits per heavy atom. The van der Waals surface area contributed by atoms with Crippen LogP contribution in [0, 0.1) is 11.3 Å². The minimum atomic E-state index is -0.0876. The lowest BCUT2D eigenvalue weighted by atomic mass is 10.2. The van der Waals surface area contributed by atoms with E-state index in [4.69, 9.17) is 14.7 Å². The summed E-state index contributed by atoms with van der Waals surface area (Å²) in [6, 6.07) is 8.75. The van der Waals surface area contributed by atoms with Crippen LogP contribution in [0.3, 0.4) is 0 Å². The van der Waals surface area contributed by atoms with Crippen LogP contribution in [0.25, 0.3) is 0 Å². The third-order valence-electron chi connectivity index (χ3n) is 4.19. The molecular formula is C19H21N5O3. The van der Waals surface area contributed by atoms with Crippen molar-refractivity contribution in [2.45, 2.75) is 6.92 Å². The van der Waals surface area contributed by atoms with Crippen LogP contribution in [0.4, 0.5) is 5.95 Å². The van der Waals surface area contributed by atoms with Gasteiger partial charge in [-0.1, -0.05) is 0 Å². The summed E-state index contributed by atoms with van der Waals surface area (Å²) in [6.45, 7) is 4.76. The third-order valence-corrected chi connectivity index (χ3v) is 4.19. The number of nitriles is 1. The number of benzene rings is 1. The summed E-state index contributed by atoms with van der Waals surface area (Å²) in [4.78, 5) is 24.8. The molecule has 27 heavy (non-hydrogen) atoms. The van der Waals surface area contributed by atoms with Gasteiger partial charge in [0.15, 0.2) is 18.1 Å². The van der Waals surface area contributed by atoms with E-state index < -0.39 is 0 Å². The fourth-order valence-corrected chi connectivity index (χ4v) is 2.81. The van der Waals surface area contributed by atoms with Gasteiger partial charge in [-0.05, 0) is 25.1 Å². The largest absolute Gasteiger partial charge is 0.490 e. The Hall–Kier alpha value is -3.34. The molecule has 8 heteroatoms. The molecule has 0 atom stereocenters. The first-order chi connectivity index (χ1) is 13.2. The number of nitrogens with zero attached hydrogens (tertiary/aromatic N) is 5. The Bertz CT molecular complexity index is 814. The molecule has 1 aromatic heterocycles. The van der Waals surface area contributed by atoms with Crippen LogP contribution in [-0.4, -0.2) is 60.2 Å². The Balaban J connectivity index is 1.54. The summed E-state index contributed by atoms with van der Waals surface area (Å²) < 4.78 is 11.2. The van der Waals surface area contributed by atoms with Gasteiger partial charge in [-0.3, -0.25) is 4.79 Å². The Labute approximate surface area is 158 Å². The molecule has 0 bridgehead atoms. The molecule has 3 rings (SSSR count). The van der Waals surface area contributed by atoms with E-state index in [1.54, 1.807) is 41.6 Å². The molecule has 2 aromatic rings. The van der Waals surface area contributed by atoms with Crippen molar-refractivity contribution < 1.29 is 14.3 Å². The monoisotopic (exact) mass is 367 g/mol. The summed E-state index contributed by atoms with van der Waals surface area (Å²) in [7, 11) is 0. The highest BCUT2D eigenvalue weighted by molar-refractivity contribution is 5.78. The number of carbonyl (C=O) groups excluding carboxylic acids is 1. The van der Waals surface area contributed by atoms with Crippen LogP contribution in [0.15, 0.2) is 36.7 Å². The molecule has 8 nitrogen and oxygen atoms in total. The lowest BCUT2D eigenvalue weighted by molar-refractivity contribution is -0.133. The molecule has 0 aliphatic carbocycles. The Morgan fingerprint density at radius 3 is 2.56 bits per heavy atom. The van der Waals surface area contributed by atoms with E-state index >= 15 is 0 Å². The van der Waals surface area contributed by atoms with Crippen molar-refractivity contribution in [1.82, 2.24) is 14.9 Å². The smallest absolute Gasteiger partial charge is 0.260 e. The fraction of sp³-hybridized carbons (Fsp3) is 0.368. The van der Waals surface area contributed by atoms with Gasteiger partial charge in [0.25, 0.3) is 5.91 Å². The maximum Gasteiger partial charge on any atom is 0.260 e. The number of anilines is 1. The predicted octanol–water partition coefficient (Wildman–Crippen LogP) is 1.47. The summed E-state index contributed by atoms with van der Waals surface area (Å²) in [5.41, 5.74) is 0.483. The van der Waals surface area contributed by atoms with Gasteiger partial charge < -0.3 is 19.3 Å². The number of aromatic nitrogens is 2. The second-order valence-electron chi connectivity index (χ2n) is 5.91. The summed E-state index contributed by atoms with van der Waals surface area (Å²) >= 11 is 0. The molecule has 1 amide bonds. The van der Waals surface area contributed by atoms with E-state index in [1.807, 2.05) is 6.92 Å². The van der Waals surface area contributed by atoms with Crippen LogP contribution in [0.1, 0.15) is 12.5 Å². The molecule has 0 spiro atoms. The van der Waals surface area contributed by atoms with Gasteiger partial charge in [-0.25, -0.2) is 9.97 Å². The number of hydrogen-bond acceptors (Lipinski definition) is 7. The van der Waals surface area contributed by atoms with E-state index in [-0.39, 0.29) is 12.5 Å². The van der Waals surface area contributed by atoms with E-state index in [2.05, 4.69) is 20.9 Å². The SMILES string of the molecule is CCOc1cc(C#N)ccc1OCC(=O)N1CCN(c2ncccn2)CC1. The van der Waals surface area contributed by atoms with E-state index in [0.717, 1.165) is 0 Å². The first-order valence-corrected chi connectivity index (χ1v) is 8.80. The van der Waals surface area contributed by atoms with Gasteiger partial charge in [-0.15, -0.1) is 0 Å². The fourth-order valence-electron chi connectivity index (χ4n) is 2.81. The van der Waals surface area contributed by atoms with Gasteiger partial charge in [-0.2, -0.15) is 5.26 Å². The lowest BCUT2D eigenvalue weighted by Crippen LogP contribution is -2.50. The lowest BCUT2D eigenvalue weighted by Gasteiger charge is -2.34. The third kappa shape index (κ3) is 4.64. The number of ether oxygens (including phenoxy) is 2. The standard InChI is InChI=1S/C19H21N5O3/c1-2-26-17-12-15(13-20)4-5-16(17)27-14-18(25)23-8-10-24(11-9-23)19-21-6-3-7-22-19/h3-7,12H,2,8-11,14H2,1H3. The van der Waals surface area contributed by atoms with Gasteiger partial charge in [0, 0.05) is 44.6 Å². The Kier molecular flexibility index (Phi) is 6.05. The number of piperazine rings is 1. The highest BCUT2D eigenvalue weighted by atomic mass is 16.5. The molecule has 1 saturated heterocycles. The summed E-state index contributed by atoms with van der Waals surface area (Å²) in [5, 5.41) is 8.99. The first kappa shape index (κ1) is 18.5. The normalized spacial score (nSPS) is 13.8. The van der Waals surface area contributed by atoms with E-state index in [9.17, 15) is 4.79 Å². The molecule has 1 aromatic carbocycles. The molecule has 1 aliphatic heterocycles. The predicted molar refractivity (Wildman–Crippen MR) is 98.6 cm³/mol. The van der Waals surface area contributed by atoms with Crippen molar-refractivity contribution in [3.63, 3.8) is 0 Å². The quantitative estimate of drug-likeness (QED) is 0.763. The highest BCUT2D eigenvalue weighted by Gasteiger charge is 2.23. The van der Waals surface area contributed by atoms with Gasteiger partial charge in [0.2, 0.25) is 5.95 Å². The zero-order chi connectivity index (χ0) is 19.1. The molecule has 0 unspecified atom stereocenters. The van der Waals surface area contributed by atoms with Gasteiger partial charge in [0.05, 0.1) is 18.2 Å². The van der Waals surface area contributed by atoms with Crippen LogP contribution in [-0.2, 0) is 4.79 Å². The molecule has 0 N–H and O–H groups in total. The second-order valence-corrected chi connectivity index (χ2v) is 5.91. The van der Waals surface area contributed by atoms with Crippen molar-refractivity contribution >= 4 is 11.9 Å². The number of amides is 1. The van der Waals surface area contributed by atoms with Crippen LogP contribution in [0.5, 0.6) is 11.5 Å². The summed E-state index contributed by atoms with van der Waals surface area (Å²) in [5.74, 6) is 1.52. The van der Waals surface area contributed by atoms with Gasteiger partial charge in [0.1, 0.15) is 0 Å². The number of hydrogen-bond donors (Lipinski definition) is 0. The Morgan fingerprint density at radius 1 is 1.15 bits per heavy atom. The van der Waals surface area contributed by atoms with Crippen LogP contribution < -0.4 is 14.4 Å². The van der Waals surface area contributed by atoms with Gasteiger partial charge >= 0.3 is 0 Å². The molecular weight excluding hydrogens is 346 g/mol. The van der Waals surface area contributed by atoms with Crippen molar-refractivity contribution in [3.05, 3.63) is 42.2 Å². The average Bonchev–Trinajstić information content (AvgIpc) is 2.73. The van der Waals surface area contributed by atoms with Crippen LogP contribution in [0.2, 0.25) is 0 Å². The second kappa shape index (κ2) is 8.85. The highest BCUT2D eigenvalue weighted by Crippen LogP contribution is 2.28. The topological polar surface area (TPSA) is 91.6 Å². The maximum atomic E-state index is 12.5.